The summed E-state index contributed by atoms with van der Waals surface area (Å²) in [5, 5.41) is 13.4. The highest BCUT2D eigenvalue weighted by atomic mass is 16.6. The van der Waals surface area contributed by atoms with Crippen LogP contribution in [0.1, 0.15) is 11.1 Å². The lowest BCUT2D eigenvalue weighted by Crippen LogP contribution is -2.31. The quantitative estimate of drug-likeness (QED) is 0.623. The molecule has 1 heterocycles. The summed E-state index contributed by atoms with van der Waals surface area (Å²) in [7, 11) is 1.85. The van der Waals surface area contributed by atoms with Crippen molar-refractivity contribution >= 4 is 17.4 Å². The average molecular weight is 328 g/mol. The van der Waals surface area contributed by atoms with Crippen LogP contribution < -0.4 is 5.32 Å². The Morgan fingerprint density at radius 3 is 2.54 bits per heavy atom. The first kappa shape index (κ1) is 17.6. The molecule has 1 aromatic heterocycles. The summed E-state index contributed by atoms with van der Waals surface area (Å²) in [4.78, 5) is 28.2. The fourth-order valence-corrected chi connectivity index (χ4v) is 2.15. The van der Waals surface area contributed by atoms with Crippen LogP contribution in [0.4, 0.5) is 11.5 Å². The van der Waals surface area contributed by atoms with E-state index in [1.807, 2.05) is 24.9 Å². The number of likely N-dealkylation sites (N-methyl/N-ethyl adjacent to an activating group) is 1. The van der Waals surface area contributed by atoms with Crippen LogP contribution in [0, 0.1) is 17.0 Å². The number of hydrogen-bond donors (Lipinski definition) is 1. The van der Waals surface area contributed by atoms with Gasteiger partial charge in [0.15, 0.2) is 0 Å². The van der Waals surface area contributed by atoms with Gasteiger partial charge >= 0.3 is 0 Å². The number of amides is 1. The van der Waals surface area contributed by atoms with E-state index in [0.717, 1.165) is 11.1 Å². The van der Waals surface area contributed by atoms with E-state index in [0.29, 0.717) is 18.8 Å². The largest absolute Gasteiger partial charge is 0.310 e. The minimum absolute atomic E-state index is 0.0806. The number of carbonyl (C=O) groups excluding carboxylic acids is 1. The number of benzene rings is 1. The first-order valence-electron chi connectivity index (χ1n) is 7.58. The van der Waals surface area contributed by atoms with Crippen LogP contribution in [0.3, 0.4) is 0 Å². The zero-order valence-corrected chi connectivity index (χ0v) is 13.7. The number of nitro groups is 1. The standard InChI is InChI=1S/C17H20N4O3/c1-13-3-8-16(18-11-13)19-17(22)12-20(2)10-9-14-4-6-15(7-5-14)21(23)24/h3-8,11H,9-10,12H2,1-2H3,(H,18,19,22). The summed E-state index contributed by atoms with van der Waals surface area (Å²) in [5.74, 6) is 0.409. The van der Waals surface area contributed by atoms with E-state index in [1.165, 1.54) is 12.1 Å². The number of aryl methyl sites for hydroxylation is 1. The number of anilines is 1. The number of nitrogens with one attached hydrogen (secondary N) is 1. The van der Waals surface area contributed by atoms with Crippen LogP contribution in [0.15, 0.2) is 42.6 Å². The Kier molecular flexibility index (Phi) is 5.97. The second kappa shape index (κ2) is 8.16. The fraction of sp³-hybridized carbons (Fsp3) is 0.294. The Morgan fingerprint density at radius 2 is 1.96 bits per heavy atom. The van der Waals surface area contributed by atoms with E-state index in [2.05, 4.69) is 10.3 Å². The number of aromatic nitrogens is 1. The van der Waals surface area contributed by atoms with Crippen molar-refractivity contribution in [3.8, 4) is 0 Å². The molecular weight excluding hydrogens is 308 g/mol. The van der Waals surface area contributed by atoms with E-state index < -0.39 is 4.92 Å². The van der Waals surface area contributed by atoms with Crippen molar-refractivity contribution in [1.29, 1.82) is 0 Å². The number of nitro benzene ring substituents is 1. The zero-order chi connectivity index (χ0) is 17.5. The molecule has 0 spiro atoms. The summed E-state index contributed by atoms with van der Waals surface area (Å²) in [5.41, 5.74) is 2.11. The van der Waals surface area contributed by atoms with E-state index in [4.69, 9.17) is 0 Å². The van der Waals surface area contributed by atoms with Gasteiger partial charge in [-0.25, -0.2) is 4.98 Å². The molecule has 0 atom stereocenters. The van der Waals surface area contributed by atoms with E-state index in [1.54, 1.807) is 24.4 Å². The molecule has 24 heavy (non-hydrogen) atoms. The van der Waals surface area contributed by atoms with E-state index in [9.17, 15) is 14.9 Å². The maximum Gasteiger partial charge on any atom is 0.269 e. The second-order valence-electron chi connectivity index (χ2n) is 5.68. The van der Waals surface area contributed by atoms with Gasteiger partial charge in [-0.2, -0.15) is 0 Å². The van der Waals surface area contributed by atoms with Gasteiger partial charge in [-0.15, -0.1) is 0 Å². The number of rotatable bonds is 7. The third-order valence-electron chi connectivity index (χ3n) is 3.52. The van der Waals surface area contributed by atoms with Gasteiger partial charge in [0, 0.05) is 24.9 Å². The van der Waals surface area contributed by atoms with Gasteiger partial charge in [0.05, 0.1) is 11.5 Å². The van der Waals surface area contributed by atoms with E-state index >= 15 is 0 Å². The zero-order valence-electron chi connectivity index (χ0n) is 13.7. The SMILES string of the molecule is Cc1ccc(NC(=O)CN(C)CCc2ccc([N+](=O)[O-])cc2)nc1. The molecule has 0 aliphatic carbocycles. The maximum atomic E-state index is 12.0. The highest BCUT2D eigenvalue weighted by Gasteiger charge is 2.09. The lowest BCUT2D eigenvalue weighted by molar-refractivity contribution is -0.384. The van der Waals surface area contributed by atoms with Gasteiger partial charge in [-0.1, -0.05) is 18.2 Å². The molecular formula is C17H20N4O3. The van der Waals surface area contributed by atoms with Gasteiger partial charge in [-0.3, -0.25) is 19.8 Å². The molecule has 1 N–H and O–H groups in total. The lowest BCUT2D eigenvalue weighted by atomic mass is 10.1. The molecule has 0 aliphatic rings. The summed E-state index contributed by atoms with van der Waals surface area (Å²) in [6.07, 6.45) is 2.42. The average Bonchev–Trinajstić information content (AvgIpc) is 2.55. The third kappa shape index (κ3) is 5.44. The molecule has 2 aromatic rings. The minimum Gasteiger partial charge on any atom is -0.310 e. The molecule has 0 radical (unpaired) electrons. The van der Waals surface area contributed by atoms with Crippen molar-refractivity contribution in [2.75, 3.05) is 25.5 Å². The van der Waals surface area contributed by atoms with Crippen molar-refractivity contribution in [1.82, 2.24) is 9.88 Å². The molecule has 0 saturated carbocycles. The summed E-state index contributed by atoms with van der Waals surface area (Å²) >= 11 is 0. The Balaban J connectivity index is 1.77. The molecule has 1 aromatic carbocycles. The predicted octanol–water partition coefficient (Wildman–Crippen LogP) is 2.41. The monoisotopic (exact) mass is 328 g/mol. The first-order chi connectivity index (χ1) is 11.4. The topological polar surface area (TPSA) is 88.4 Å². The van der Waals surface area contributed by atoms with Gasteiger partial charge in [-0.05, 0) is 37.6 Å². The van der Waals surface area contributed by atoms with Gasteiger partial charge in [0.25, 0.3) is 5.69 Å². The Hall–Kier alpha value is -2.80. The molecule has 2 rings (SSSR count). The second-order valence-corrected chi connectivity index (χ2v) is 5.68. The summed E-state index contributed by atoms with van der Waals surface area (Å²) in [6, 6.07) is 10.1. The first-order valence-corrected chi connectivity index (χ1v) is 7.58. The number of nitrogens with zero attached hydrogens (tertiary/aromatic N) is 3. The number of pyridine rings is 1. The molecule has 0 aliphatic heterocycles. The van der Waals surface area contributed by atoms with Crippen molar-refractivity contribution in [3.63, 3.8) is 0 Å². The Labute approximate surface area is 140 Å². The highest BCUT2D eigenvalue weighted by molar-refractivity contribution is 5.91. The predicted molar refractivity (Wildman–Crippen MR) is 91.9 cm³/mol. The van der Waals surface area contributed by atoms with Gasteiger partial charge in [0.1, 0.15) is 5.82 Å². The van der Waals surface area contributed by atoms with Gasteiger partial charge in [0.2, 0.25) is 5.91 Å². The van der Waals surface area contributed by atoms with Crippen LogP contribution in [0.25, 0.3) is 0 Å². The van der Waals surface area contributed by atoms with Crippen molar-refractivity contribution in [2.24, 2.45) is 0 Å². The van der Waals surface area contributed by atoms with Crippen molar-refractivity contribution < 1.29 is 9.72 Å². The van der Waals surface area contributed by atoms with Crippen molar-refractivity contribution in [3.05, 3.63) is 63.8 Å². The van der Waals surface area contributed by atoms with Crippen LogP contribution >= 0.6 is 0 Å². The lowest BCUT2D eigenvalue weighted by Gasteiger charge is -2.16. The smallest absolute Gasteiger partial charge is 0.269 e. The fourth-order valence-electron chi connectivity index (χ4n) is 2.15. The molecule has 0 saturated heterocycles. The molecule has 7 nitrogen and oxygen atoms in total. The van der Waals surface area contributed by atoms with E-state index in [-0.39, 0.29) is 18.1 Å². The van der Waals surface area contributed by atoms with Crippen molar-refractivity contribution in [2.45, 2.75) is 13.3 Å². The maximum absolute atomic E-state index is 12.0. The van der Waals surface area contributed by atoms with Crippen LogP contribution in [0.5, 0.6) is 0 Å². The van der Waals surface area contributed by atoms with Crippen LogP contribution in [0.2, 0.25) is 0 Å². The van der Waals surface area contributed by atoms with Crippen LogP contribution in [-0.2, 0) is 11.2 Å². The third-order valence-corrected chi connectivity index (χ3v) is 3.52. The number of non-ortho nitro benzene ring substituents is 1. The molecule has 0 fully saturated rings. The molecule has 0 bridgehead atoms. The normalized spacial score (nSPS) is 10.6. The Morgan fingerprint density at radius 1 is 1.25 bits per heavy atom. The van der Waals surface area contributed by atoms with Gasteiger partial charge < -0.3 is 5.32 Å². The summed E-state index contributed by atoms with van der Waals surface area (Å²) in [6.45, 7) is 2.86. The summed E-state index contributed by atoms with van der Waals surface area (Å²) < 4.78 is 0. The molecule has 0 unspecified atom stereocenters. The highest BCUT2D eigenvalue weighted by Crippen LogP contribution is 2.12. The minimum atomic E-state index is -0.417. The number of hydrogen-bond acceptors (Lipinski definition) is 5. The Bertz CT molecular complexity index is 699. The van der Waals surface area contributed by atoms with Crippen LogP contribution in [-0.4, -0.2) is 40.9 Å². The number of carbonyl (C=O) groups is 1. The molecule has 1 amide bonds. The molecule has 7 heteroatoms. The molecule has 126 valence electrons.